The number of hydrogen-bond acceptors (Lipinski definition) is 4. The minimum atomic E-state index is -0.375. The van der Waals surface area contributed by atoms with Gasteiger partial charge in [-0.15, -0.1) is 0 Å². The van der Waals surface area contributed by atoms with Gasteiger partial charge in [-0.05, 0) is 31.0 Å². The highest BCUT2D eigenvalue weighted by Gasteiger charge is 2.30. The van der Waals surface area contributed by atoms with Crippen LogP contribution in [-0.4, -0.2) is 29.9 Å². The van der Waals surface area contributed by atoms with Crippen molar-refractivity contribution in [2.24, 2.45) is 5.92 Å². The number of carbonyl (C=O) groups is 2. The summed E-state index contributed by atoms with van der Waals surface area (Å²) in [6.07, 6.45) is 3.95. The van der Waals surface area contributed by atoms with Gasteiger partial charge in [0.25, 0.3) is 5.91 Å². The van der Waals surface area contributed by atoms with Crippen LogP contribution in [0.2, 0.25) is 10.0 Å². The molecule has 1 saturated heterocycles. The van der Waals surface area contributed by atoms with Crippen molar-refractivity contribution >= 4 is 35.1 Å². The van der Waals surface area contributed by atoms with E-state index in [1.165, 1.54) is 12.5 Å². The number of amides is 1. The summed E-state index contributed by atoms with van der Waals surface area (Å²) in [6, 6.07) is 6.54. The summed E-state index contributed by atoms with van der Waals surface area (Å²) >= 11 is 12.0. The molecule has 1 aliphatic rings. The number of nitrogens with zero attached hydrogens (tertiary/aromatic N) is 1. The van der Waals surface area contributed by atoms with Gasteiger partial charge in [0.1, 0.15) is 6.26 Å². The Morgan fingerprint density at radius 2 is 1.79 bits per heavy atom. The first-order chi connectivity index (χ1) is 11.6. The first-order valence-corrected chi connectivity index (χ1v) is 8.29. The van der Waals surface area contributed by atoms with E-state index in [4.69, 9.17) is 32.4 Å². The Morgan fingerprint density at radius 1 is 1.12 bits per heavy atom. The number of rotatable bonds is 3. The van der Waals surface area contributed by atoms with E-state index in [1.54, 1.807) is 29.2 Å². The molecule has 0 radical (unpaired) electrons. The Kier molecular flexibility index (Phi) is 5.11. The van der Waals surface area contributed by atoms with Crippen molar-refractivity contribution in [3.8, 4) is 5.75 Å². The number of ether oxygens (including phenoxy) is 1. The van der Waals surface area contributed by atoms with Crippen LogP contribution in [0.1, 0.15) is 23.2 Å². The van der Waals surface area contributed by atoms with Crippen molar-refractivity contribution in [2.45, 2.75) is 12.8 Å². The van der Waals surface area contributed by atoms with E-state index in [0.717, 1.165) is 0 Å². The van der Waals surface area contributed by atoms with Crippen LogP contribution in [0.25, 0.3) is 0 Å². The van der Waals surface area contributed by atoms with Gasteiger partial charge in [0.15, 0.2) is 5.75 Å². The number of benzene rings is 1. The maximum Gasteiger partial charge on any atom is 0.314 e. The molecule has 2 heterocycles. The molecule has 0 unspecified atom stereocenters. The lowest BCUT2D eigenvalue weighted by molar-refractivity contribution is -0.140. The molecule has 0 bridgehead atoms. The second-order valence-corrected chi connectivity index (χ2v) is 6.36. The fraction of sp³-hybridized carbons (Fsp3) is 0.294. The van der Waals surface area contributed by atoms with E-state index in [-0.39, 0.29) is 23.5 Å². The number of furan rings is 1. The van der Waals surface area contributed by atoms with E-state index < -0.39 is 0 Å². The van der Waals surface area contributed by atoms with E-state index in [2.05, 4.69) is 0 Å². The lowest BCUT2D eigenvalue weighted by Gasteiger charge is -2.30. The Bertz CT molecular complexity index is 717. The van der Waals surface area contributed by atoms with Gasteiger partial charge in [0.2, 0.25) is 0 Å². The first-order valence-electron chi connectivity index (χ1n) is 7.53. The molecule has 0 N–H and O–H groups in total. The second kappa shape index (κ2) is 7.28. The predicted molar refractivity (Wildman–Crippen MR) is 89.4 cm³/mol. The van der Waals surface area contributed by atoms with Crippen LogP contribution < -0.4 is 4.74 Å². The van der Waals surface area contributed by atoms with Crippen LogP contribution in [0.15, 0.2) is 41.2 Å². The number of hydrogen-bond donors (Lipinski definition) is 0. The van der Waals surface area contributed by atoms with Gasteiger partial charge >= 0.3 is 5.97 Å². The average molecular weight is 368 g/mol. The number of esters is 1. The van der Waals surface area contributed by atoms with E-state index in [9.17, 15) is 9.59 Å². The fourth-order valence-corrected chi connectivity index (χ4v) is 3.13. The van der Waals surface area contributed by atoms with Gasteiger partial charge in [0, 0.05) is 13.1 Å². The maximum atomic E-state index is 12.3. The average Bonchev–Trinajstić information content (AvgIpc) is 3.12. The summed E-state index contributed by atoms with van der Waals surface area (Å²) in [5.41, 5.74) is 0.513. The molecule has 24 heavy (non-hydrogen) atoms. The smallest absolute Gasteiger partial charge is 0.314 e. The molecule has 1 aromatic carbocycles. The second-order valence-electron chi connectivity index (χ2n) is 5.55. The van der Waals surface area contributed by atoms with Gasteiger partial charge in [-0.1, -0.05) is 29.3 Å². The summed E-state index contributed by atoms with van der Waals surface area (Å²) in [4.78, 5) is 26.3. The summed E-state index contributed by atoms with van der Waals surface area (Å²) < 4.78 is 10.3. The van der Waals surface area contributed by atoms with E-state index in [0.29, 0.717) is 41.5 Å². The summed E-state index contributed by atoms with van der Waals surface area (Å²) in [6.45, 7) is 0.972. The highest BCUT2D eigenvalue weighted by atomic mass is 35.5. The molecular weight excluding hydrogens is 353 g/mol. The molecule has 0 atom stereocenters. The van der Waals surface area contributed by atoms with Crippen LogP contribution in [0.5, 0.6) is 5.75 Å². The molecule has 0 saturated carbocycles. The summed E-state index contributed by atoms with van der Waals surface area (Å²) in [5.74, 6) is -0.571. The van der Waals surface area contributed by atoms with Crippen LogP contribution >= 0.6 is 23.2 Å². The van der Waals surface area contributed by atoms with Gasteiger partial charge in [0.05, 0.1) is 27.8 Å². The number of likely N-dealkylation sites (tertiary alicyclic amines) is 1. The minimum Gasteiger partial charge on any atom is -0.472 e. The standard InChI is InChI=1S/C17H15Cl2NO4/c18-13-2-1-3-14(19)15(13)24-17(22)11-4-7-20(8-5-11)16(21)12-6-9-23-10-12/h1-3,6,9-11H,4-5,7-8H2. The molecule has 2 aromatic rings. The highest BCUT2D eigenvalue weighted by molar-refractivity contribution is 6.37. The zero-order chi connectivity index (χ0) is 17.1. The van der Waals surface area contributed by atoms with Crippen molar-refractivity contribution in [3.05, 3.63) is 52.4 Å². The molecule has 0 spiro atoms. The van der Waals surface area contributed by atoms with E-state index >= 15 is 0 Å². The Balaban J connectivity index is 1.58. The third-order valence-electron chi connectivity index (χ3n) is 4.01. The number of piperidine rings is 1. The first kappa shape index (κ1) is 16.9. The van der Waals surface area contributed by atoms with Gasteiger partial charge in [-0.2, -0.15) is 0 Å². The van der Waals surface area contributed by atoms with Crippen LogP contribution in [0.4, 0.5) is 0 Å². The van der Waals surface area contributed by atoms with Crippen LogP contribution in [-0.2, 0) is 4.79 Å². The quantitative estimate of drug-likeness (QED) is 0.606. The molecule has 1 amide bonds. The van der Waals surface area contributed by atoms with Gasteiger partial charge in [-0.3, -0.25) is 9.59 Å². The maximum absolute atomic E-state index is 12.3. The Labute approximate surface area is 149 Å². The third-order valence-corrected chi connectivity index (χ3v) is 4.60. The van der Waals surface area contributed by atoms with Crippen LogP contribution in [0, 0.1) is 5.92 Å². The third kappa shape index (κ3) is 3.57. The molecule has 7 heteroatoms. The molecular formula is C17H15Cl2NO4. The largest absolute Gasteiger partial charge is 0.472 e. The molecule has 1 aromatic heterocycles. The fourth-order valence-electron chi connectivity index (χ4n) is 2.65. The number of para-hydroxylation sites is 1. The summed E-state index contributed by atoms with van der Waals surface area (Å²) in [5, 5.41) is 0.590. The Hall–Kier alpha value is -1.98. The zero-order valence-electron chi connectivity index (χ0n) is 12.7. The number of halogens is 2. The van der Waals surface area contributed by atoms with Gasteiger partial charge < -0.3 is 14.1 Å². The van der Waals surface area contributed by atoms with Crippen molar-refractivity contribution in [3.63, 3.8) is 0 Å². The normalized spacial score (nSPS) is 15.3. The molecule has 1 fully saturated rings. The Morgan fingerprint density at radius 3 is 2.38 bits per heavy atom. The molecule has 5 nitrogen and oxygen atoms in total. The summed E-state index contributed by atoms with van der Waals surface area (Å²) in [7, 11) is 0. The molecule has 126 valence electrons. The lowest BCUT2D eigenvalue weighted by atomic mass is 9.96. The molecule has 3 rings (SSSR count). The minimum absolute atomic E-state index is 0.0929. The van der Waals surface area contributed by atoms with Crippen molar-refractivity contribution in [1.82, 2.24) is 4.90 Å². The van der Waals surface area contributed by atoms with E-state index in [1.807, 2.05) is 0 Å². The topological polar surface area (TPSA) is 59.8 Å². The highest BCUT2D eigenvalue weighted by Crippen LogP contribution is 2.33. The monoisotopic (exact) mass is 367 g/mol. The zero-order valence-corrected chi connectivity index (χ0v) is 14.2. The van der Waals surface area contributed by atoms with Gasteiger partial charge in [-0.25, -0.2) is 0 Å². The number of carbonyl (C=O) groups excluding carboxylic acids is 2. The van der Waals surface area contributed by atoms with Crippen molar-refractivity contribution in [2.75, 3.05) is 13.1 Å². The van der Waals surface area contributed by atoms with Crippen molar-refractivity contribution < 1.29 is 18.7 Å². The SMILES string of the molecule is O=C(Oc1c(Cl)cccc1Cl)C1CCN(C(=O)c2ccoc2)CC1. The molecule has 0 aliphatic carbocycles. The van der Waals surface area contributed by atoms with Crippen LogP contribution in [0.3, 0.4) is 0 Å². The lowest BCUT2D eigenvalue weighted by Crippen LogP contribution is -2.41. The molecule has 1 aliphatic heterocycles. The predicted octanol–water partition coefficient (Wildman–Crippen LogP) is 4.04. The van der Waals surface area contributed by atoms with Crippen molar-refractivity contribution in [1.29, 1.82) is 0 Å².